The van der Waals surface area contributed by atoms with Gasteiger partial charge in [0.2, 0.25) is 0 Å². The second kappa shape index (κ2) is 7.33. The van der Waals surface area contributed by atoms with Crippen LogP contribution in [0.2, 0.25) is 0 Å². The summed E-state index contributed by atoms with van der Waals surface area (Å²) in [6.07, 6.45) is 0. The number of hydrogen-bond acceptors (Lipinski definition) is 4. The predicted octanol–water partition coefficient (Wildman–Crippen LogP) is 4.29. The molecular formula is C21H15NO3. The molecule has 3 aromatic rings. The number of hydrogen-bond donors (Lipinski definition) is 1. The van der Waals surface area contributed by atoms with Gasteiger partial charge in [0.1, 0.15) is 12.4 Å². The largest absolute Gasteiger partial charge is 0.508 e. The number of aromatic hydroxyl groups is 1. The van der Waals surface area contributed by atoms with Crippen molar-refractivity contribution >= 4 is 5.97 Å². The van der Waals surface area contributed by atoms with Crippen LogP contribution in [0.25, 0.3) is 11.1 Å². The zero-order chi connectivity index (χ0) is 17.6. The van der Waals surface area contributed by atoms with Gasteiger partial charge in [0, 0.05) is 0 Å². The number of carbonyl (C=O) groups is 1. The van der Waals surface area contributed by atoms with Crippen molar-refractivity contribution in [3.8, 4) is 22.9 Å². The minimum absolute atomic E-state index is 0.157. The van der Waals surface area contributed by atoms with Gasteiger partial charge in [-0.05, 0) is 53.1 Å². The molecule has 0 heterocycles. The van der Waals surface area contributed by atoms with Crippen molar-refractivity contribution in [1.82, 2.24) is 0 Å². The van der Waals surface area contributed by atoms with Crippen molar-refractivity contribution in [3.05, 3.63) is 89.5 Å². The van der Waals surface area contributed by atoms with E-state index in [9.17, 15) is 9.90 Å². The van der Waals surface area contributed by atoms with Crippen LogP contribution in [0.5, 0.6) is 5.75 Å². The Kier molecular flexibility index (Phi) is 4.77. The number of phenols is 1. The van der Waals surface area contributed by atoms with Crippen LogP contribution < -0.4 is 0 Å². The number of nitriles is 1. The average molecular weight is 329 g/mol. The Hall–Kier alpha value is -3.58. The fraction of sp³-hybridized carbons (Fsp3) is 0.0476. The molecule has 3 rings (SSSR count). The first kappa shape index (κ1) is 16.3. The van der Waals surface area contributed by atoms with E-state index in [1.54, 1.807) is 48.5 Å². The van der Waals surface area contributed by atoms with Crippen LogP contribution in [0, 0.1) is 11.3 Å². The lowest BCUT2D eigenvalue weighted by molar-refractivity contribution is 0.0472. The van der Waals surface area contributed by atoms with Gasteiger partial charge < -0.3 is 9.84 Å². The smallest absolute Gasteiger partial charge is 0.338 e. The van der Waals surface area contributed by atoms with E-state index in [4.69, 9.17) is 10.00 Å². The molecule has 0 aromatic heterocycles. The first-order valence-electron chi connectivity index (χ1n) is 7.71. The third kappa shape index (κ3) is 4.04. The summed E-state index contributed by atoms with van der Waals surface area (Å²) in [6.45, 7) is 0.157. The Morgan fingerprint density at radius 2 is 1.44 bits per heavy atom. The van der Waals surface area contributed by atoms with Gasteiger partial charge in [-0.2, -0.15) is 5.26 Å². The van der Waals surface area contributed by atoms with Crippen molar-refractivity contribution in [3.63, 3.8) is 0 Å². The fourth-order valence-electron chi connectivity index (χ4n) is 2.36. The Labute approximate surface area is 145 Å². The van der Waals surface area contributed by atoms with Crippen molar-refractivity contribution in [2.45, 2.75) is 6.61 Å². The highest BCUT2D eigenvalue weighted by Crippen LogP contribution is 2.22. The van der Waals surface area contributed by atoms with Gasteiger partial charge in [-0.1, -0.05) is 36.4 Å². The van der Waals surface area contributed by atoms with Gasteiger partial charge in [0.15, 0.2) is 0 Å². The van der Waals surface area contributed by atoms with E-state index in [0.717, 1.165) is 16.7 Å². The summed E-state index contributed by atoms with van der Waals surface area (Å²) in [4.78, 5) is 12.1. The summed E-state index contributed by atoms with van der Waals surface area (Å²) in [5, 5.41) is 18.1. The van der Waals surface area contributed by atoms with E-state index in [0.29, 0.717) is 11.1 Å². The van der Waals surface area contributed by atoms with Crippen molar-refractivity contribution < 1.29 is 14.6 Å². The number of benzene rings is 3. The summed E-state index contributed by atoms with van der Waals surface area (Å²) in [5.41, 5.74) is 3.77. The molecule has 0 saturated heterocycles. The molecule has 0 radical (unpaired) electrons. The minimum Gasteiger partial charge on any atom is -0.508 e. The second-order valence-corrected chi connectivity index (χ2v) is 5.51. The molecule has 0 aliphatic rings. The Morgan fingerprint density at radius 1 is 0.880 bits per heavy atom. The monoisotopic (exact) mass is 329 g/mol. The molecule has 0 atom stereocenters. The van der Waals surface area contributed by atoms with E-state index < -0.39 is 5.97 Å². The van der Waals surface area contributed by atoms with Crippen LogP contribution in [0.3, 0.4) is 0 Å². The van der Waals surface area contributed by atoms with E-state index in [1.807, 2.05) is 30.3 Å². The van der Waals surface area contributed by atoms with E-state index in [-0.39, 0.29) is 12.4 Å². The highest BCUT2D eigenvalue weighted by atomic mass is 16.5. The maximum atomic E-state index is 12.1. The third-order valence-electron chi connectivity index (χ3n) is 3.77. The fourth-order valence-corrected chi connectivity index (χ4v) is 2.36. The molecule has 0 bridgehead atoms. The lowest BCUT2D eigenvalue weighted by Gasteiger charge is -2.07. The zero-order valence-corrected chi connectivity index (χ0v) is 13.3. The molecule has 4 heteroatoms. The Balaban J connectivity index is 1.64. The second-order valence-electron chi connectivity index (χ2n) is 5.51. The molecule has 0 amide bonds. The first-order valence-corrected chi connectivity index (χ1v) is 7.71. The average Bonchev–Trinajstić information content (AvgIpc) is 2.67. The van der Waals surface area contributed by atoms with Crippen LogP contribution in [-0.4, -0.2) is 11.1 Å². The maximum absolute atomic E-state index is 12.1. The van der Waals surface area contributed by atoms with Gasteiger partial charge in [-0.3, -0.25) is 0 Å². The molecule has 0 aliphatic carbocycles. The van der Waals surface area contributed by atoms with E-state index >= 15 is 0 Å². The highest BCUT2D eigenvalue weighted by molar-refractivity contribution is 5.90. The summed E-state index contributed by atoms with van der Waals surface area (Å²) < 4.78 is 5.29. The molecule has 0 unspecified atom stereocenters. The number of esters is 1. The number of ether oxygens (including phenoxy) is 1. The van der Waals surface area contributed by atoms with Gasteiger partial charge in [-0.15, -0.1) is 0 Å². The summed E-state index contributed by atoms with van der Waals surface area (Å²) in [6, 6.07) is 22.9. The predicted molar refractivity (Wildman–Crippen MR) is 93.8 cm³/mol. The Bertz CT molecular complexity index is 905. The SMILES string of the molecule is N#Cc1ccc(COC(=O)c2ccc(-c3ccc(O)cc3)cc2)cc1. The quantitative estimate of drug-likeness (QED) is 0.725. The van der Waals surface area contributed by atoms with Crippen LogP contribution in [-0.2, 0) is 11.3 Å². The third-order valence-corrected chi connectivity index (χ3v) is 3.77. The summed E-state index contributed by atoms with van der Waals surface area (Å²) in [5.74, 6) is -0.187. The number of rotatable bonds is 4. The van der Waals surface area contributed by atoms with Crippen LogP contribution in [0.15, 0.2) is 72.8 Å². The molecule has 25 heavy (non-hydrogen) atoms. The molecule has 0 fully saturated rings. The number of nitrogens with zero attached hydrogens (tertiary/aromatic N) is 1. The normalized spacial score (nSPS) is 10.0. The topological polar surface area (TPSA) is 70.3 Å². The first-order chi connectivity index (χ1) is 12.2. The van der Waals surface area contributed by atoms with Crippen LogP contribution in [0.1, 0.15) is 21.5 Å². The molecule has 122 valence electrons. The molecule has 4 nitrogen and oxygen atoms in total. The van der Waals surface area contributed by atoms with Crippen molar-refractivity contribution in [2.24, 2.45) is 0 Å². The zero-order valence-electron chi connectivity index (χ0n) is 13.3. The molecular weight excluding hydrogens is 314 g/mol. The van der Waals surface area contributed by atoms with Crippen LogP contribution in [0.4, 0.5) is 0 Å². The molecule has 0 aliphatic heterocycles. The molecule has 0 spiro atoms. The molecule has 1 N–H and O–H groups in total. The highest BCUT2D eigenvalue weighted by Gasteiger charge is 2.08. The van der Waals surface area contributed by atoms with E-state index in [2.05, 4.69) is 0 Å². The molecule has 3 aromatic carbocycles. The standard InChI is InChI=1S/C21H15NO3/c22-13-15-1-3-16(4-2-15)14-25-21(24)19-7-5-17(6-8-19)18-9-11-20(23)12-10-18/h1-12,23H,14H2. The lowest BCUT2D eigenvalue weighted by atomic mass is 10.0. The van der Waals surface area contributed by atoms with Gasteiger partial charge in [0.05, 0.1) is 17.2 Å². The van der Waals surface area contributed by atoms with Crippen LogP contribution >= 0.6 is 0 Å². The number of phenolic OH excluding ortho intramolecular Hbond substituents is 1. The minimum atomic E-state index is -0.401. The van der Waals surface area contributed by atoms with Gasteiger partial charge >= 0.3 is 5.97 Å². The van der Waals surface area contributed by atoms with E-state index in [1.165, 1.54) is 0 Å². The maximum Gasteiger partial charge on any atom is 0.338 e. The summed E-state index contributed by atoms with van der Waals surface area (Å²) in [7, 11) is 0. The number of carbonyl (C=O) groups excluding carboxylic acids is 1. The van der Waals surface area contributed by atoms with Crippen molar-refractivity contribution in [2.75, 3.05) is 0 Å². The lowest BCUT2D eigenvalue weighted by Crippen LogP contribution is -2.05. The van der Waals surface area contributed by atoms with Gasteiger partial charge in [0.25, 0.3) is 0 Å². The summed E-state index contributed by atoms with van der Waals surface area (Å²) >= 11 is 0. The molecule has 0 saturated carbocycles. The van der Waals surface area contributed by atoms with Crippen molar-refractivity contribution in [1.29, 1.82) is 5.26 Å². The Morgan fingerprint density at radius 3 is 2.00 bits per heavy atom. The van der Waals surface area contributed by atoms with Gasteiger partial charge in [-0.25, -0.2) is 4.79 Å².